The van der Waals surface area contributed by atoms with Crippen LogP contribution in [0.5, 0.6) is 5.75 Å². The van der Waals surface area contributed by atoms with Gasteiger partial charge in [-0.05, 0) is 37.5 Å². The van der Waals surface area contributed by atoms with Gasteiger partial charge in [0, 0.05) is 12.1 Å². The molecule has 2 nitrogen and oxygen atoms in total. The number of nitrogens with one attached hydrogen (secondary N) is 1. The van der Waals surface area contributed by atoms with Gasteiger partial charge in [-0.3, -0.25) is 0 Å². The lowest BCUT2D eigenvalue weighted by molar-refractivity contribution is 0.329. The van der Waals surface area contributed by atoms with Crippen molar-refractivity contribution in [3.8, 4) is 5.75 Å². The highest BCUT2D eigenvalue weighted by molar-refractivity contribution is 5.31. The molecule has 0 saturated carbocycles. The third-order valence-corrected chi connectivity index (χ3v) is 3.94. The van der Waals surface area contributed by atoms with Gasteiger partial charge in [0.25, 0.3) is 0 Å². The number of rotatable bonds is 7. The molecule has 0 fully saturated rings. The van der Waals surface area contributed by atoms with Crippen LogP contribution < -0.4 is 10.1 Å². The summed E-state index contributed by atoms with van der Waals surface area (Å²) in [6, 6.07) is 5.68. The molecule has 1 N–H and O–H groups in total. The molecule has 0 radical (unpaired) electrons. The molecular weight excluding hydrogens is 241 g/mol. The molecule has 1 aromatic rings. The Labute approximate surface area is 116 Å². The summed E-state index contributed by atoms with van der Waals surface area (Å²) in [5, 5.41) is 3.59. The summed E-state index contributed by atoms with van der Waals surface area (Å²) in [6.07, 6.45) is 2.34. The number of halogens is 1. The number of methoxy groups -OCH3 is 1. The second kappa shape index (κ2) is 7.49. The third kappa shape index (κ3) is 4.20. The van der Waals surface area contributed by atoms with Crippen molar-refractivity contribution in [2.24, 2.45) is 5.92 Å². The van der Waals surface area contributed by atoms with E-state index >= 15 is 0 Å². The van der Waals surface area contributed by atoms with Crippen LogP contribution >= 0.6 is 0 Å². The zero-order chi connectivity index (χ0) is 14.4. The zero-order valence-corrected chi connectivity index (χ0v) is 12.7. The standard InChI is InChI=1S/C16H26FNO/c1-6-13(7-2)11(3)18-12(4)14-8-9-15(17)16(10-14)19-5/h8-13,18H,6-7H2,1-5H3. The predicted octanol–water partition coefficient (Wildman–Crippen LogP) is 4.31. The average molecular weight is 267 g/mol. The van der Waals surface area contributed by atoms with Crippen LogP contribution in [0.25, 0.3) is 0 Å². The van der Waals surface area contributed by atoms with E-state index in [1.54, 1.807) is 6.07 Å². The first-order chi connectivity index (χ1) is 9.03. The Kier molecular flexibility index (Phi) is 6.29. The number of benzene rings is 1. The fourth-order valence-corrected chi connectivity index (χ4v) is 2.57. The molecule has 19 heavy (non-hydrogen) atoms. The minimum absolute atomic E-state index is 0.185. The van der Waals surface area contributed by atoms with E-state index in [-0.39, 0.29) is 11.9 Å². The lowest BCUT2D eigenvalue weighted by Crippen LogP contribution is -2.35. The van der Waals surface area contributed by atoms with Gasteiger partial charge in [0.15, 0.2) is 11.6 Å². The molecule has 2 atom stereocenters. The van der Waals surface area contributed by atoms with Gasteiger partial charge in [0.2, 0.25) is 0 Å². The Morgan fingerprint density at radius 1 is 1.21 bits per heavy atom. The topological polar surface area (TPSA) is 21.3 Å². The molecule has 0 bridgehead atoms. The Balaban J connectivity index is 2.75. The van der Waals surface area contributed by atoms with E-state index < -0.39 is 0 Å². The largest absolute Gasteiger partial charge is 0.494 e. The molecule has 0 aliphatic rings. The molecule has 0 amide bonds. The Morgan fingerprint density at radius 3 is 2.37 bits per heavy atom. The van der Waals surface area contributed by atoms with Gasteiger partial charge >= 0.3 is 0 Å². The van der Waals surface area contributed by atoms with Crippen molar-refractivity contribution in [3.63, 3.8) is 0 Å². The lowest BCUT2D eigenvalue weighted by atomic mass is 9.94. The van der Waals surface area contributed by atoms with Gasteiger partial charge in [0.05, 0.1) is 7.11 Å². The molecule has 0 aliphatic heterocycles. The zero-order valence-electron chi connectivity index (χ0n) is 12.7. The normalized spacial score (nSPS) is 14.5. The smallest absolute Gasteiger partial charge is 0.165 e. The molecule has 2 unspecified atom stereocenters. The Morgan fingerprint density at radius 2 is 1.84 bits per heavy atom. The van der Waals surface area contributed by atoms with Crippen LogP contribution in [0.1, 0.15) is 52.1 Å². The van der Waals surface area contributed by atoms with Crippen LogP contribution in [0.3, 0.4) is 0 Å². The van der Waals surface area contributed by atoms with Gasteiger partial charge in [-0.15, -0.1) is 0 Å². The Hall–Kier alpha value is -1.09. The van der Waals surface area contributed by atoms with Gasteiger partial charge in [-0.1, -0.05) is 32.8 Å². The Bertz CT molecular complexity index is 390. The quantitative estimate of drug-likeness (QED) is 0.795. The molecule has 0 heterocycles. The van der Waals surface area contributed by atoms with Crippen LogP contribution in [-0.4, -0.2) is 13.2 Å². The first kappa shape index (κ1) is 16.0. The van der Waals surface area contributed by atoms with E-state index in [4.69, 9.17) is 4.74 Å². The second-order valence-electron chi connectivity index (χ2n) is 5.15. The van der Waals surface area contributed by atoms with Crippen LogP contribution in [0, 0.1) is 11.7 Å². The lowest BCUT2D eigenvalue weighted by Gasteiger charge is -2.26. The highest BCUT2D eigenvalue weighted by atomic mass is 19.1. The summed E-state index contributed by atoms with van der Waals surface area (Å²) < 4.78 is 18.4. The summed E-state index contributed by atoms with van der Waals surface area (Å²) in [6.45, 7) is 8.76. The van der Waals surface area contributed by atoms with Gasteiger partial charge in [-0.2, -0.15) is 0 Å². The van der Waals surface area contributed by atoms with Gasteiger partial charge in [-0.25, -0.2) is 4.39 Å². The summed E-state index contributed by atoms with van der Waals surface area (Å²) >= 11 is 0. The molecule has 1 rings (SSSR count). The number of hydrogen-bond acceptors (Lipinski definition) is 2. The summed E-state index contributed by atoms with van der Waals surface area (Å²) in [7, 11) is 1.49. The van der Waals surface area contributed by atoms with Gasteiger partial charge < -0.3 is 10.1 Å². The third-order valence-electron chi connectivity index (χ3n) is 3.94. The summed E-state index contributed by atoms with van der Waals surface area (Å²) in [4.78, 5) is 0. The molecule has 0 spiro atoms. The van der Waals surface area contributed by atoms with Crippen molar-refractivity contribution >= 4 is 0 Å². The van der Waals surface area contributed by atoms with Crippen LogP contribution in [0.4, 0.5) is 4.39 Å². The first-order valence-electron chi connectivity index (χ1n) is 7.12. The van der Waals surface area contributed by atoms with E-state index in [1.807, 2.05) is 6.07 Å². The van der Waals surface area contributed by atoms with Crippen molar-refractivity contribution in [1.29, 1.82) is 0 Å². The van der Waals surface area contributed by atoms with Crippen molar-refractivity contribution in [2.45, 2.75) is 52.6 Å². The van der Waals surface area contributed by atoms with E-state index in [0.717, 1.165) is 5.56 Å². The van der Waals surface area contributed by atoms with Gasteiger partial charge in [0.1, 0.15) is 0 Å². The first-order valence-corrected chi connectivity index (χ1v) is 7.12. The fourth-order valence-electron chi connectivity index (χ4n) is 2.57. The van der Waals surface area contributed by atoms with Crippen LogP contribution in [0.15, 0.2) is 18.2 Å². The fraction of sp³-hybridized carbons (Fsp3) is 0.625. The maximum absolute atomic E-state index is 13.4. The van der Waals surface area contributed by atoms with Crippen LogP contribution in [-0.2, 0) is 0 Å². The molecule has 1 aromatic carbocycles. The molecule has 108 valence electrons. The molecule has 0 saturated heterocycles. The minimum atomic E-state index is -0.313. The van der Waals surface area contributed by atoms with Crippen molar-refractivity contribution in [3.05, 3.63) is 29.6 Å². The van der Waals surface area contributed by atoms with E-state index in [0.29, 0.717) is 17.7 Å². The summed E-state index contributed by atoms with van der Waals surface area (Å²) in [5.41, 5.74) is 1.05. The molecule has 3 heteroatoms. The van der Waals surface area contributed by atoms with Crippen molar-refractivity contribution < 1.29 is 9.13 Å². The monoisotopic (exact) mass is 267 g/mol. The predicted molar refractivity (Wildman–Crippen MR) is 78.0 cm³/mol. The highest BCUT2D eigenvalue weighted by Crippen LogP contribution is 2.24. The number of hydrogen-bond donors (Lipinski definition) is 1. The highest BCUT2D eigenvalue weighted by Gasteiger charge is 2.17. The molecule has 0 aromatic heterocycles. The van der Waals surface area contributed by atoms with Crippen LogP contribution in [0.2, 0.25) is 0 Å². The molecular formula is C16H26FNO. The second-order valence-corrected chi connectivity index (χ2v) is 5.15. The minimum Gasteiger partial charge on any atom is -0.494 e. The summed E-state index contributed by atoms with van der Waals surface area (Å²) in [5.74, 6) is 0.664. The average Bonchev–Trinajstić information content (AvgIpc) is 2.40. The van der Waals surface area contributed by atoms with E-state index in [1.165, 1.54) is 26.0 Å². The maximum atomic E-state index is 13.4. The van der Waals surface area contributed by atoms with Crippen molar-refractivity contribution in [1.82, 2.24) is 5.32 Å². The van der Waals surface area contributed by atoms with E-state index in [2.05, 4.69) is 33.0 Å². The van der Waals surface area contributed by atoms with E-state index in [9.17, 15) is 4.39 Å². The van der Waals surface area contributed by atoms with Crippen molar-refractivity contribution in [2.75, 3.05) is 7.11 Å². The maximum Gasteiger partial charge on any atom is 0.165 e. The number of ether oxygens (including phenoxy) is 1. The molecule has 0 aliphatic carbocycles. The SMILES string of the molecule is CCC(CC)C(C)NC(C)c1ccc(F)c(OC)c1.